The molecule has 17 heavy (non-hydrogen) atoms. The molecule has 12 heteroatoms. The van der Waals surface area contributed by atoms with Crippen molar-refractivity contribution in [2.75, 3.05) is 0 Å². The second-order valence-corrected chi connectivity index (χ2v) is 2.60. The van der Waals surface area contributed by atoms with Crippen molar-refractivity contribution in [3.8, 4) is 0 Å². The average molecular weight is 288 g/mol. The van der Waals surface area contributed by atoms with Gasteiger partial charge in [-0.15, -0.1) is 0 Å². The van der Waals surface area contributed by atoms with Gasteiger partial charge in [0, 0.05) is 0 Å². The quantitative estimate of drug-likeness (QED) is 0.700. The molecule has 0 bridgehead atoms. The molecule has 2 N–H and O–H groups in total. The molecule has 0 saturated heterocycles. The van der Waals surface area contributed by atoms with Crippen LogP contribution in [-0.2, 0) is 0 Å². The summed E-state index contributed by atoms with van der Waals surface area (Å²) in [6, 6.07) is 0. The van der Waals surface area contributed by atoms with Crippen LogP contribution in [0.25, 0.3) is 0 Å². The first-order valence-electron chi connectivity index (χ1n) is 3.19. The molecule has 0 amide bonds. The van der Waals surface area contributed by atoms with E-state index in [1.165, 1.54) is 0 Å². The molecule has 0 spiro atoms. The molecule has 1 unspecified atom stereocenters. The highest BCUT2D eigenvalue weighted by Gasteiger charge is 2.79. The standard InChI is InChI=1S/C5HF11.H2O/c6-1(3(9,10)11)2(7,8)4(12,13)5(14,15)16;/h1H;1H2. The lowest BCUT2D eigenvalue weighted by molar-refractivity contribution is -0.385. The Kier molecular flexibility index (Phi) is 4.87. The van der Waals surface area contributed by atoms with Crippen LogP contribution in [0, 0.1) is 0 Å². The molecule has 1 nitrogen and oxygen atoms in total. The Labute approximate surface area is 85.5 Å². The third-order valence-corrected chi connectivity index (χ3v) is 1.38. The van der Waals surface area contributed by atoms with Crippen LogP contribution in [0.3, 0.4) is 0 Å². The largest absolute Gasteiger partial charge is 0.459 e. The number of halogens is 11. The second-order valence-electron chi connectivity index (χ2n) is 2.60. The molecule has 0 fully saturated rings. The summed E-state index contributed by atoms with van der Waals surface area (Å²) in [6.07, 6.45) is -19.1. The van der Waals surface area contributed by atoms with Crippen LogP contribution in [0.5, 0.6) is 0 Å². The van der Waals surface area contributed by atoms with Gasteiger partial charge in [-0.25, -0.2) is 4.39 Å². The van der Waals surface area contributed by atoms with Crippen LogP contribution in [0.15, 0.2) is 0 Å². The fraction of sp³-hybridized carbons (Fsp3) is 1.00. The monoisotopic (exact) mass is 288 g/mol. The highest BCUT2D eigenvalue weighted by Crippen LogP contribution is 2.51. The van der Waals surface area contributed by atoms with Gasteiger partial charge in [0.05, 0.1) is 0 Å². The summed E-state index contributed by atoms with van der Waals surface area (Å²) in [4.78, 5) is 0. The van der Waals surface area contributed by atoms with Crippen molar-refractivity contribution in [3.63, 3.8) is 0 Å². The van der Waals surface area contributed by atoms with Gasteiger partial charge >= 0.3 is 24.2 Å². The zero-order valence-corrected chi connectivity index (χ0v) is 7.23. The maximum absolute atomic E-state index is 12.0. The van der Waals surface area contributed by atoms with Crippen LogP contribution in [0.2, 0.25) is 0 Å². The Balaban J connectivity index is 0. The van der Waals surface area contributed by atoms with E-state index in [2.05, 4.69) is 0 Å². The number of alkyl halides is 11. The van der Waals surface area contributed by atoms with E-state index in [0.717, 1.165) is 0 Å². The first-order chi connectivity index (χ1) is 6.65. The molecule has 0 aromatic heterocycles. The Bertz CT molecular complexity index is 250. The van der Waals surface area contributed by atoms with E-state index in [0.29, 0.717) is 0 Å². The van der Waals surface area contributed by atoms with Crippen LogP contribution >= 0.6 is 0 Å². The van der Waals surface area contributed by atoms with Gasteiger partial charge in [0.2, 0.25) is 0 Å². The van der Waals surface area contributed by atoms with Crippen molar-refractivity contribution in [1.29, 1.82) is 0 Å². The second kappa shape index (κ2) is 4.46. The maximum atomic E-state index is 12.0. The molecule has 0 saturated carbocycles. The van der Waals surface area contributed by atoms with Crippen LogP contribution < -0.4 is 0 Å². The Morgan fingerprint density at radius 3 is 1.12 bits per heavy atom. The minimum atomic E-state index is -7.12. The van der Waals surface area contributed by atoms with Crippen LogP contribution in [-0.4, -0.2) is 35.8 Å². The first-order valence-corrected chi connectivity index (χ1v) is 3.19. The van der Waals surface area contributed by atoms with Crippen molar-refractivity contribution >= 4 is 0 Å². The van der Waals surface area contributed by atoms with Crippen molar-refractivity contribution in [2.24, 2.45) is 0 Å². The van der Waals surface area contributed by atoms with Gasteiger partial charge in [-0.1, -0.05) is 0 Å². The molecule has 0 heterocycles. The molecule has 0 aliphatic carbocycles. The van der Waals surface area contributed by atoms with E-state index < -0.39 is 30.4 Å². The lowest BCUT2D eigenvalue weighted by Gasteiger charge is -2.30. The molecule has 0 aliphatic heterocycles. The third-order valence-electron chi connectivity index (χ3n) is 1.38. The van der Waals surface area contributed by atoms with Crippen molar-refractivity contribution in [1.82, 2.24) is 0 Å². The summed E-state index contributed by atoms with van der Waals surface area (Å²) in [5.74, 6) is -14.0. The van der Waals surface area contributed by atoms with E-state index in [1.54, 1.807) is 0 Å². The summed E-state index contributed by atoms with van der Waals surface area (Å²) in [5, 5.41) is 0. The maximum Gasteiger partial charge on any atom is 0.459 e. The highest BCUT2D eigenvalue weighted by molar-refractivity contribution is 4.98. The predicted molar refractivity (Wildman–Crippen MR) is 30.5 cm³/mol. The van der Waals surface area contributed by atoms with Crippen molar-refractivity contribution in [3.05, 3.63) is 0 Å². The smallest absolute Gasteiger partial charge is 0.412 e. The van der Waals surface area contributed by atoms with Gasteiger partial charge in [-0.2, -0.15) is 43.9 Å². The number of rotatable bonds is 2. The van der Waals surface area contributed by atoms with Gasteiger partial charge in [0.1, 0.15) is 0 Å². The fourth-order valence-electron chi connectivity index (χ4n) is 0.554. The van der Waals surface area contributed by atoms with E-state index in [9.17, 15) is 48.3 Å². The summed E-state index contributed by atoms with van der Waals surface area (Å²) in [5.41, 5.74) is 0. The summed E-state index contributed by atoms with van der Waals surface area (Å²) in [7, 11) is 0. The van der Waals surface area contributed by atoms with Crippen molar-refractivity contribution in [2.45, 2.75) is 30.4 Å². The number of hydrogen-bond acceptors (Lipinski definition) is 0. The zero-order valence-electron chi connectivity index (χ0n) is 7.23. The minimum absolute atomic E-state index is 0. The summed E-state index contributed by atoms with van der Waals surface area (Å²) >= 11 is 0. The van der Waals surface area contributed by atoms with Gasteiger partial charge in [0.25, 0.3) is 6.17 Å². The molecular formula is C5H3F11O. The minimum Gasteiger partial charge on any atom is -0.412 e. The van der Waals surface area contributed by atoms with Gasteiger partial charge < -0.3 is 5.48 Å². The molecule has 0 radical (unpaired) electrons. The highest BCUT2D eigenvalue weighted by atomic mass is 19.4. The Morgan fingerprint density at radius 2 is 0.941 bits per heavy atom. The lowest BCUT2D eigenvalue weighted by atomic mass is 10.1. The number of hydrogen-bond donors (Lipinski definition) is 0. The Morgan fingerprint density at radius 1 is 0.647 bits per heavy atom. The average Bonchev–Trinajstić information content (AvgIpc) is 1.98. The van der Waals surface area contributed by atoms with E-state index in [-0.39, 0.29) is 5.48 Å². The summed E-state index contributed by atoms with van der Waals surface area (Å²) < 4.78 is 128. The van der Waals surface area contributed by atoms with E-state index in [1.807, 2.05) is 0 Å². The molecule has 1 atom stereocenters. The van der Waals surface area contributed by atoms with Gasteiger partial charge in [-0.3, -0.25) is 0 Å². The van der Waals surface area contributed by atoms with E-state index in [4.69, 9.17) is 0 Å². The topological polar surface area (TPSA) is 31.5 Å². The normalized spacial score (nSPS) is 16.4. The van der Waals surface area contributed by atoms with Crippen LogP contribution in [0.4, 0.5) is 48.3 Å². The fourth-order valence-corrected chi connectivity index (χ4v) is 0.554. The summed E-state index contributed by atoms with van der Waals surface area (Å²) in [6.45, 7) is 0. The Hall–Kier alpha value is -0.810. The SMILES string of the molecule is FC(C(F)(F)F)C(F)(F)C(F)(F)C(F)(F)F.O. The molecule has 0 aromatic rings. The van der Waals surface area contributed by atoms with Gasteiger partial charge in [0.15, 0.2) is 0 Å². The molecule has 0 aliphatic rings. The zero-order chi connectivity index (χ0) is 13.6. The molecule has 106 valence electrons. The molecular weight excluding hydrogens is 285 g/mol. The third kappa shape index (κ3) is 3.10. The molecule has 0 rings (SSSR count). The molecule has 0 aromatic carbocycles. The van der Waals surface area contributed by atoms with E-state index >= 15 is 0 Å². The van der Waals surface area contributed by atoms with Crippen LogP contribution in [0.1, 0.15) is 0 Å². The predicted octanol–water partition coefficient (Wildman–Crippen LogP) is 2.89. The lowest BCUT2D eigenvalue weighted by Crippen LogP contribution is -2.60. The first kappa shape index (κ1) is 18.6. The van der Waals surface area contributed by atoms with Gasteiger partial charge in [-0.05, 0) is 0 Å². The van der Waals surface area contributed by atoms with Crippen molar-refractivity contribution < 1.29 is 53.8 Å².